The van der Waals surface area contributed by atoms with Gasteiger partial charge in [-0.05, 0) is 6.07 Å². The lowest BCUT2D eigenvalue weighted by Crippen LogP contribution is -2.32. The van der Waals surface area contributed by atoms with Crippen LogP contribution >= 0.6 is 0 Å². The van der Waals surface area contributed by atoms with Gasteiger partial charge in [0.2, 0.25) is 0 Å². The Morgan fingerprint density at radius 3 is 2.45 bits per heavy atom. The number of alkyl carbamates (subject to hydrolysis) is 1. The molecule has 0 aliphatic heterocycles. The lowest BCUT2D eigenvalue weighted by molar-refractivity contribution is -0.385. The van der Waals surface area contributed by atoms with Crippen LogP contribution in [0, 0.1) is 10.1 Å². The van der Waals surface area contributed by atoms with Crippen molar-refractivity contribution in [2.24, 2.45) is 4.99 Å². The molecular formula is C11H11N3O6. The van der Waals surface area contributed by atoms with E-state index < -0.39 is 17.1 Å². The fraction of sp³-hybridized carbons (Fsp3) is 0.182. The Labute approximate surface area is 113 Å². The Balaban J connectivity index is 3.30. The van der Waals surface area contributed by atoms with Crippen molar-refractivity contribution in [3.05, 3.63) is 39.9 Å². The van der Waals surface area contributed by atoms with Gasteiger partial charge in [0.05, 0.1) is 24.7 Å². The van der Waals surface area contributed by atoms with Crippen LogP contribution in [-0.4, -0.2) is 37.2 Å². The second-order valence-corrected chi connectivity index (χ2v) is 3.32. The van der Waals surface area contributed by atoms with Crippen LogP contribution in [0.15, 0.2) is 29.3 Å². The second-order valence-electron chi connectivity index (χ2n) is 3.32. The minimum Gasteiger partial charge on any atom is -0.453 e. The molecular weight excluding hydrogens is 270 g/mol. The number of rotatable bonds is 2. The van der Waals surface area contributed by atoms with Crippen LogP contribution in [-0.2, 0) is 9.47 Å². The van der Waals surface area contributed by atoms with Crippen LogP contribution in [0.3, 0.4) is 0 Å². The highest BCUT2D eigenvalue weighted by molar-refractivity contribution is 6.11. The summed E-state index contributed by atoms with van der Waals surface area (Å²) in [5.41, 5.74) is -0.375. The number of methoxy groups -OCH3 is 2. The zero-order valence-electron chi connectivity index (χ0n) is 10.7. The summed E-state index contributed by atoms with van der Waals surface area (Å²) in [5.74, 6) is -0.337. The molecule has 1 rings (SSSR count). The summed E-state index contributed by atoms with van der Waals surface area (Å²) in [5, 5.41) is 13.1. The van der Waals surface area contributed by atoms with Crippen molar-refractivity contribution in [1.29, 1.82) is 0 Å². The van der Waals surface area contributed by atoms with Crippen molar-refractivity contribution in [3.8, 4) is 0 Å². The van der Waals surface area contributed by atoms with Crippen molar-refractivity contribution in [3.63, 3.8) is 0 Å². The zero-order chi connectivity index (χ0) is 15.1. The number of ether oxygens (including phenoxy) is 2. The van der Waals surface area contributed by atoms with Crippen LogP contribution in [0.2, 0.25) is 0 Å². The van der Waals surface area contributed by atoms with E-state index in [1.54, 1.807) is 0 Å². The number of nitrogens with zero attached hydrogens (tertiary/aromatic N) is 2. The van der Waals surface area contributed by atoms with E-state index in [0.717, 1.165) is 14.2 Å². The minimum absolute atomic E-state index is 0.0479. The molecule has 0 spiro atoms. The third-order valence-corrected chi connectivity index (χ3v) is 2.14. The zero-order valence-corrected chi connectivity index (χ0v) is 10.7. The number of hydrogen-bond acceptors (Lipinski definition) is 6. The maximum absolute atomic E-state index is 11.2. The topological polar surface area (TPSA) is 120 Å². The molecule has 0 saturated heterocycles. The highest BCUT2D eigenvalue weighted by atomic mass is 16.6. The molecule has 0 aromatic heterocycles. The first-order chi connectivity index (χ1) is 9.49. The molecule has 0 heterocycles. The van der Waals surface area contributed by atoms with E-state index in [0.29, 0.717) is 0 Å². The van der Waals surface area contributed by atoms with Crippen LogP contribution in [0.1, 0.15) is 5.56 Å². The number of amidine groups is 1. The highest BCUT2D eigenvalue weighted by Gasteiger charge is 2.20. The average Bonchev–Trinajstić information content (AvgIpc) is 2.46. The van der Waals surface area contributed by atoms with E-state index in [2.05, 4.69) is 19.8 Å². The number of hydrogen-bond donors (Lipinski definition) is 1. The van der Waals surface area contributed by atoms with Crippen LogP contribution in [0.5, 0.6) is 0 Å². The van der Waals surface area contributed by atoms with E-state index in [1.165, 1.54) is 24.3 Å². The molecule has 0 aliphatic carbocycles. The quantitative estimate of drug-likeness (QED) is 0.379. The third kappa shape index (κ3) is 3.77. The molecule has 106 valence electrons. The predicted octanol–water partition coefficient (Wildman–Crippen LogP) is 1.46. The summed E-state index contributed by atoms with van der Waals surface area (Å²) in [7, 11) is 2.19. The number of nitro groups is 1. The van der Waals surface area contributed by atoms with Gasteiger partial charge in [-0.25, -0.2) is 9.59 Å². The number of aliphatic imine (C=N–C) groups is 1. The van der Waals surface area contributed by atoms with Crippen molar-refractivity contribution >= 4 is 23.7 Å². The Morgan fingerprint density at radius 2 is 1.90 bits per heavy atom. The highest BCUT2D eigenvalue weighted by Crippen LogP contribution is 2.18. The Kier molecular flexibility index (Phi) is 5.15. The number of benzene rings is 1. The molecule has 0 fully saturated rings. The number of para-hydroxylation sites is 1. The molecule has 0 unspecified atom stereocenters. The molecule has 9 nitrogen and oxygen atoms in total. The third-order valence-electron chi connectivity index (χ3n) is 2.14. The smallest absolute Gasteiger partial charge is 0.435 e. The van der Waals surface area contributed by atoms with Gasteiger partial charge in [0.25, 0.3) is 5.69 Å². The van der Waals surface area contributed by atoms with Gasteiger partial charge in [0.1, 0.15) is 0 Å². The molecule has 2 amide bonds. The molecule has 9 heteroatoms. The standard InChI is InChI=1S/C11H11N3O6/c1-19-10(15)12-9(13-11(16)20-2)7-5-3-4-6-8(7)14(17)18/h3-6H,1-2H3,(H,12,13,15,16). The fourth-order valence-corrected chi connectivity index (χ4v) is 1.27. The van der Waals surface area contributed by atoms with E-state index in [4.69, 9.17) is 0 Å². The first-order valence-corrected chi connectivity index (χ1v) is 5.25. The second kappa shape index (κ2) is 6.83. The van der Waals surface area contributed by atoms with Gasteiger partial charge in [-0.2, -0.15) is 4.99 Å². The molecule has 20 heavy (non-hydrogen) atoms. The lowest BCUT2D eigenvalue weighted by Gasteiger charge is -2.07. The Hall–Kier alpha value is -2.97. The predicted molar refractivity (Wildman–Crippen MR) is 67.6 cm³/mol. The van der Waals surface area contributed by atoms with Crippen LogP contribution < -0.4 is 5.32 Å². The summed E-state index contributed by atoms with van der Waals surface area (Å²) < 4.78 is 8.69. The van der Waals surface area contributed by atoms with Gasteiger partial charge in [0, 0.05) is 6.07 Å². The van der Waals surface area contributed by atoms with E-state index in [9.17, 15) is 19.7 Å². The monoisotopic (exact) mass is 281 g/mol. The van der Waals surface area contributed by atoms with Crippen molar-refractivity contribution in [1.82, 2.24) is 5.32 Å². The summed E-state index contributed by atoms with van der Waals surface area (Å²) in [6, 6.07) is 5.47. The van der Waals surface area contributed by atoms with E-state index in [-0.39, 0.29) is 17.1 Å². The number of amides is 2. The molecule has 0 atom stereocenters. The largest absolute Gasteiger partial charge is 0.453 e. The first kappa shape index (κ1) is 15.1. The summed E-state index contributed by atoms with van der Waals surface area (Å²) in [4.78, 5) is 36.1. The fourth-order valence-electron chi connectivity index (χ4n) is 1.27. The maximum Gasteiger partial charge on any atom is 0.435 e. The van der Waals surface area contributed by atoms with E-state index in [1.807, 2.05) is 0 Å². The molecule has 0 aliphatic rings. The first-order valence-electron chi connectivity index (χ1n) is 5.25. The summed E-state index contributed by atoms with van der Waals surface area (Å²) in [6.45, 7) is 0. The molecule has 0 bridgehead atoms. The van der Waals surface area contributed by atoms with Crippen molar-refractivity contribution in [2.75, 3.05) is 14.2 Å². The van der Waals surface area contributed by atoms with Gasteiger partial charge >= 0.3 is 12.2 Å². The molecule has 1 aromatic carbocycles. The summed E-state index contributed by atoms with van der Waals surface area (Å²) in [6.07, 6.45) is -1.94. The number of nitro benzene ring substituents is 1. The molecule has 1 N–H and O–H groups in total. The molecule has 0 saturated carbocycles. The number of nitrogens with one attached hydrogen (secondary N) is 1. The van der Waals surface area contributed by atoms with Gasteiger partial charge in [-0.1, -0.05) is 12.1 Å². The average molecular weight is 281 g/mol. The van der Waals surface area contributed by atoms with Crippen molar-refractivity contribution < 1.29 is 24.0 Å². The summed E-state index contributed by atoms with van der Waals surface area (Å²) >= 11 is 0. The van der Waals surface area contributed by atoms with Crippen LogP contribution in [0.25, 0.3) is 0 Å². The maximum atomic E-state index is 11.2. The number of carbonyl (C=O) groups excluding carboxylic acids is 2. The molecule has 1 aromatic rings. The SMILES string of the molecule is COC(=O)/N=C(/NC(=O)OC)c1ccccc1[N+](=O)[O-]. The minimum atomic E-state index is -1.02. The van der Waals surface area contributed by atoms with Crippen LogP contribution in [0.4, 0.5) is 15.3 Å². The van der Waals surface area contributed by atoms with Gasteiger partial charge in [-0.3, -0.25) is 15.4 Å². The Bertz CT molecular complexity index is 569. The van der Waals surface area contributed by atoms with Gasteiger partial charge < -0.3 is 9.47 Å². The number of carbonyl (C=O) groups is 2. The van der Waals surface area contributed by atoms with Gasteiger partial charge in [0.15, 0.2) is 5.84 Å². The van der Waals surface area contributed by atoms with Crippen molar-refractivity contribution in [2.45, 2.75) is 0 Å². The van der Waals surface area contributed by atoms with Gasteiger partial charge in [-0.15, -0.1) is 0 Å². The normalized spacial score (nSPS) is 10.6. The van der Waals surface area contributed by atoms with E-state index >= 15 is 0 Å². The Morgan fingerprint density at radius 1 is 1.25 bits per heavy atom. The lowest BCUT2D eigenvalue weighted by atomic mass is 10.1. The molecule has 0 radical (unpaired) electrons.